The van der Waals surface area contributed by atoms with Gasteiger partial charge in [0.25, 0.3) is 0 Å². The number of phenols is 1. The van der Waals surface area contributed by atoms with Gasteiger partial charge in [-0.2, -0.15) is 0 Å². The van der Waals surface area contributed by atoms with Gasteiger partial charge in [0.1, 0.15) is 4.83 Å². The van der Waals surface area contributed by atoms with Crippen molar-refractivity contribution in [2.45, 2.75) is 27.3 Å². The lowest BCUT2D eigenvalue weighted by Gasteiger charge is -2.21. The maximum absolute atomic E-state index is 13.4. The number of methoxy groups -OCH3 is 1. The molecule has 8 heteroatoms. The zero-order valence-corrected chi connectivity index (χ0v) is 20.0. The highest BCUT2D eigenvalue weighted by molar-refractivity contribution is 7.25. The fraction of sp³-hybridized carbons (Fsp3) is 0.320. The second-order valence-corrected chi connectivity index (χ2v) is 8.56. The van der Waals surface area contributed by atoms with E-state index in [0.717, 1.165) is 44.5 Å². The van der Waals surface area contributed by atoms with Crippen LogP contribution < -0.4 is 4.74 Å². The second kappa shape index (κ2) is 9.72. The van der Waals surface area contributed by atoms with Gasteiger partial charge in [-0.3, -0.25) is 9.88 Å². The van der Waals surface area contributed by atoms with Crippen LogP contribution in [0.3, 0.4) is 0 Å². The number of fused-ring (bicyclic) bond motifs is 3. The average Bonchev–Trinajstić information content (AvgIpc) is 3.20. The van der Waals surface area contributed by atoms with Gasteiger partial charge < -0.3 is 14.6 Å². The normalized spacial score (nSPS) is 11.4. The number of aromatic hydroxyl groups is 1. The number of carbonyl (C=O) groups excluding carboxylic acids is 1. The maximum atomic E-state index is 13.4. The topological polar surface area (TPSA) is 84.8 Å². The molecule has 33 heavy (non-hydrogen) atoms. The number of aromatic nitrogens is 2. The van der Waals surface area contributed by atoms with E-state index < -0.39 is 5.97 Å². The number of esters is 1. The van der Waals surface area contributed by atoms with Crippen molar-refractivity contribution in [3.05, 3.63) is 47.9 Å². The molecule has 1 aromatic carbocycles. The van der Waals surface area contributed by atoms with Crippen molar-refractivity contribution in [3.8, 4) is 22.6 Å². The number of rotatable bonds is 8. The predicted octanol–water partition coefficient (Wildman–Crippen LogP) is 5.24. The second-order valence-electron chi connectivity index (χ2n) is 7.53. The zero-order valence-electron chi connectivity index (χ0n) is 19.2. The van der Waals surface area contributed by atoms with Crippen LogP contribution in [0.4, 0.5) is 0 Å². The molecule has 0 atom stereocenters. The zero-order chi connectivity index (χ0) is 23.5. The van der Waals surface area contributed by atoms with Gasteiger partial charge in [-0.25, -0.2) is 9.78 Å². The maximum Gasteiger partial charge on any atom is 0.340 e. The Kier molecular flexibility index (Phi) is 6.76. The van der Waals surface area contributed by atoms with E-state index in [0.29, 0.717) is 23.6 Å². The number of carbonyl (C=O) groups is 1. The molecule has 0 bridgehead atoms. The van der Waals surface area contributed by atoms with Crippen LogP contribution in [0.2, 0.25) is 0 Å². The lowest BCUT2D eigenvalue weighted by Crippen LogP contribution is -2.25. The van der Waals surface area contributed by atoms with E-state index in [4.69, 9.17) is 14.5 Å². The largest absolute Gasteiger partial charge is 0.504 e. The minimum atomic E-state index is -0.412. The monoisotopic (exact) mass is 465 g/mol. The van der Waals surface area contributed by atoms with Crippen molar-refractivity contribution in [3.63, 3.8) is 0 Å². The number of nitrogens with zero attached hydrogens (tertiary/aromatic N) is 3. The van der Waals surface area contributed by atoms with Crippen LogP contribution in [-0.2, 0) is 11.3 Å². The van der Waals surface area contributed by atoms with Crippen LogP contribution >= 0.6 is 11.3 Å². The molecule has 0 fully saturated rings. The highest BCUT2D eigenvalue weighted by Crippen LogP contribution is 2.43. The SMILES string of the molecule is CCOC(=O)c1c(CN(CC)CC)nc2sc3cnccc3c2c1-c1ccc(O)c(OC)c1. The lowest BCUT2D eigenvalue weighted by atomic mass is 9.94. The van der Waals surface area contributed by atoms with E-state index in [9.17, 15) is 9.90 Å². The standard InChI is InChI=1S/C25H27N3O4S/c1-5-28(6-2)14-17-23(25(30)32-7-3)21(15-8-9-18(29)19(12-15)31-4)22-16-10-11-26-13-20(16)33-24(22)27-17/h8-13,29H,5-7,14H2,1-4H3. The Labute approximate surface area is 196 Å². The molecule has 0 aliphatic heterocycles. The molecule has 7 nitrogen and oxygen atoms in total. The van der Waals surface area contributed by atoms with Gasteiger partial charge in [-0.05, 0) is 43.8 Å². The van der Waals surface area contributed by atoms with Gasteiger partial charge in [0.2, 0.25) is 0 Å². The molecular formula is C25H27N3O4S. The summed E-state index contributed by atoms with van der Waals surface area (Å²) in [5.41, 5.74) is 2.60. The summed E-state index contributed by atoms with van der Waals surface area (Å²) in [5.74, 6) is -0.0461. The summed E-state index contributed by atoms with van der Waals surface area (Å²) in [4.78, 5) is 25.6. The number of hydrogen-bond acceptors (Lipinski definition) is 8. The fourth-order valence-electron chi connectivity index (χ4n) is 4.02. The summed E-state index contributed by atoms with van der Waals surface area (Å²) >= 11 is 1.55. The number of benzene rings is 1. The molecular weight excluding hydrogens is 438 g/mol. The van der Waals surface area contributed by atoms with Crippen LogP contribution in [0, 0.1) is 0 Å². The fourth-order valence-corrected chi connectivity index (χ4v) is 5.10. The van der Waals surface area contributed by atoms with Crippen LogP contribution in [0.25, 0.3) is 31.4 Å². The van der Waals surface area contributed by atoms with Gasteiger partial charge in [0.05, 0.1) is 29.7 Å². The van der Waals surface area contributed by atoms with E-state index in [1.807, 2.05) is 12.3 Å². The molecule has 3 aromatic heterocycles. The summed E-state index contributed by atoms with van der Waals surface area (Å²) in [5, 5.41) is 12.0. The summed E-state index contributed by atoms with van der Waals surface area (Å²) in [6, 6.07) is 7.06. The minimum absolute atomic E-state index is 0.0342. The summed E-state index contributed by atoms with van der Waals surface area (Å²) < 4.78 is 11.9. The van der Waals surface area contributed by atoms with Gasteiger partial charge in [-0.15, -0.1) is 11.3 Å². The van der Waals surface area contributed by atoms with Gasteiger partial charge in [-0.1, -0.05) is 19.9 Å². The van der Waals surface area contributed by atoms with Crippen molar-refractivity contribution in [2.75, 3.05) is 26.8 Å². The van der Waals surface area contributed by atoms with Crippen LogP contribution in [0.15, 0.2) is 36.7 Å². The van der Waals surface area contributed by atoms with E-state index in [1.54, 1.807) is 42.7 Å². The Hall–Kier alpha value is -3.23. The van der Waals surface area contributed by atoms with Gasteiger partial charge >= 0.3 is 5.97 Å². The quantitative estimate of drug-likeness (QED) is 0.356. The summed E-state index contributed by atoms with van der Waals surface area (Å²) in [6.07, 6.45) is 3.56. The Balaban J connectivity index is 2.14. The molecule has 0 saturated carbocycles. The third-order valence-corrected chi connectivity index (χ3v) is 6.75. The summed E-state index contributed by atoms with van der Waals surface area (Å²) in [6.45, 7) is 8.41. The number of pyridine rings is 2. The highest BCUT2D eigenvalue weighted by atomic mass is 32.1. The lowest BCUT2D eigenvalue weighted by molar-refractivity contribution is 0.0524. The molecule has 0 radical (unpaired) electrons. The number of phenolic OH excluding ortho intramolecular Hbond substituents is 1. The van der Waals surface area contributed by atoms with Crippen molar-refractivity contribution in [1.29, 1.82) is 0 Å². The molecule has 1 N–H and O–H groups in total. The third kappa shape index (κ3) is 4.24. The molecule has 4 rings (SSSR count). The first-order valence-electron chi connectivity index (χ1n) is 11.0. The average molecular weight is 466 g/mol. The highest BCUT2D eigenvalue weighted by Gasteiger charge is 2.27. The molecule has 0 amide bonds. The van der Waals surface area contributed by atoms with E-state index in [-0.39, 0.29) is 12.4 Å². The van der Waals surface area contributed by atoms with Crippen LogP contribution in [0.1, 0.15) is 36.8 Å². The van der Waals surface area contributed by atoms with Gasteiger partial charge in [0.15, 0.2) is 11.5 Å². The Bertz CT molecular complexity index is 1310. The molecule has 0 aliphatic carbocycles. The van der Waals surface area contributed by atoms with Crippen LogP contribution in [-0.4, -0.2) is 52.7 Å². The summed E-state index contributed by atoms with van der Waals surface area (Å²) in [7, 11) is 1.50. The molecule has 172 valence electrons. The number of hydrogen-bond donors (Lipinski definition) is 1. The van der Waals surface area contributed by atoms with Crippen molar-refractivity contribution >= 4 is 37.6 Å². The van der Waals surface area contributed by atoms with Crippen molar-refractivity contribution in [2.24, 2.45) is 0 Å². The molecule has 0 unspecified atom stereocenters. The van der Waals surface area contributed by atoms with E-state index >= 15 is 0 Å². The molecule has 0 spiro atoms. The first-order valence-corrected chi connectivity index (χ1v) is 11.8. The Morgan fingerprint density at radius 1 is 1.18 bits per heavy atom. The molecule has 3 heterocycles. The van der Waals surface area contributed by atoms with Gasteiger partial charge in [0, 0.05) is 35.3 Å². The van der Waals surface area contributed by atoms with E-state index in [2.05, 4.69) is 23.7 Å². The molecule has 4 aromatic rings. The van der Waals surface area contributed by atoms with Crippen molar-refractivity contribution in [1.82, 2.24) is 14.9 Å². The third-order valence-electron chi connectivity index (χ3n) is 5.72. The Morgan fingerprint density at radius 2 is 1.97 bits per heavy atom. The minimum Gasteiger partial charge on any atom is -0.504 e. The van der Waals surface area contributed by atoms with Crippen LogP contribution in [0.5, 0.6) is 11.5 Å². The molecule has 0 saturated heterocycles. The Morgan fingerprint density at radius 3 is 2.67 bits per heavy atom. The predicted molar refractivity (Wildman–Crippen MR) is 131 cm³/mol. The number of thiophene rings is 1. The first-order chi connectivity index (χ1) is 16.0. The molecule has 0 aliphatic rings. The van der Waals surface area contributed by atoms with Crippen molar-refractivity contribution < 1.29 is 19.4 Å². The first kappa shape index (κ1) is 22.9. The number of ether oxygens (including phenoxy) is 2. The smallest absolute Gasteiger partial charge is 0.340 e. The van der Waals surface area contributed by atoms with E-state index in [1.165, 1.54) is 7.11 Å².